The Morgan fingerprint density at radius 2 is 1.61 bits per heavy atom. The summed E-state index contributed by atoms with van der Waals surface area (Å²) in [5, 5.41) is 11.8. The van der Waals surface area contributed by atoms with E-state index in [-0.39, 0.29) is 17.5 Å². The monoisotopic (exact) mass is 325 g/mol. The first-order valence-corrected chi connectivity index (χ1v) is 7.16. The summed E-state index contributed by atoms with van der Waals surface area (Å²) >= 11 is 0. The Bertz CT molecular complexity index is 666. The van der Waals surface area contributed by atoms with Gasteiger partial charge in [0.1, 0.15) is 0 Å². The van der Waals surface area contributed by atoms with E-state index >= 15 is 0 Å². The van der Waals surface area contributed by atoms with Crippen LogP contribution in [0.25, 0.3) is 0 Å². The van der Waals surface area contributed by atoms with Crippen molar-refractivity contribution in [1.29, 1.82) is 0 Å². The van der Waals surface area contributed by atoms with Gasteiger partial charge >= 0.3 is 12.1 Å². The highest BCUT2D eigenvalue weighted by Gasteiger charge is 2.51. The lowest BCUT2D eigenvalue weighted by atomic mass is 9.82. The summed E-state index contributed by atoms with van der Waals surface area (Å²) in [6.07, 6.45) is -0.138. The smallest absolute Gasteiger partial charge is 0.416 e. The summed E-state index contributed by atoms with van der Waals surface area (Å²) in [4.78, 5) is 23.7. The summed E-state index contributed by atoms with van der Waals surface area (Å²) in [6, 6.07) is 4.09. The topological polar surface area (TPSA) is 66.4 Å². The van der Waals surface area contributed by atoms with Crippen LogP contribution in [0.15, 0.2) is 36.4 Å². The van der Waals surface area contributed by atoms with E-state index < -0.39 is 35.5 Å². The Morgan fingerprint density at radius 1 is 1.04 bits per heavy atom. The van der Waals surface area contributed by atoms with Gasteiger partial charge in [-0.15, -0.1) is 0 Å². The van der Waals surface area contributed by atoms with Gasteiger partial charge in [0.2, 0.25) is 5.91 Å². The minimum Gasteiger partial charge on any atom is -0.481 e. The van der Waals surface area contributed by atoms with Crippen molar-refractivity contribution in [3.8, 4) is 0 Å². The Morgan fingerprint density at radius 3 is 2.13 bits per heavy atom. The van der Waals surface area contributed by atoms with E-state index in [1.807, 2.05) is 12.2 Å². The maximum atomic E-state index is 12.5. The van der Waals surface area contributed by atoms with E-state index in [1.54, 1.807) is 0 Å². The number of carbonyl (C=O) groups is 2. The van der Waals surface area contributed by atoms with E-state index in [1.165, 1.54) is 12.1 Å². The van der Waals surface area contributed by atoms with Crippen LogP contribution in [-0.2, 0) is 15.8 Å². The first kappa shape index (κ1) is 15.6. The molecule has 0 saturated heterocycles. The highest BCUT2D eigenvalue weighted by atomic mass is 19.4. The van der Waals surface area contributed by atoms with Crippen molar-refractivity contribution in [3.05, 3.63) is 42.0 Å². The van der Waals surface area contributed by atoms with E-state index in [0.717, 1.165) is 12.1 Å². The molecule has 23 heavy (non-hydrogen) atoms. The zero-order valence-corrected chi connectivity index (χ0v) is 11.9. The lowest BCUT2D eigenvalue weighted by Crippen LogP contribution is -2.36. The van der Waals surface area contributed by atoms with Gasteiger partial charge in [0.25, 0.3) is 0 Å². The summed E-state index contributed by atoms with van der Waals surface area (Å²) in [7, 11) is 0. The second kappa shape index (κ2) is 5.40. The van der Waals surface area contributed by atoms with E-state index in [0.29, 0.717) is 6.42 Å². The average Bonchev–Trinajstić information content (AvgIpc) is 3.07. The second-order valence-electron chi connectivity index (χ2n) is 5.90. The number of alkyl halides is 3. The number of hydrogen-bond donors (Lipinski definition) is 2. The van der Waals surface area contributed by atoms with Crippen LogP contribution in [0.2, 0.25) is 0 Å². The molecule has 0 aliphatic heterocycles. The lowest BCUT2D eigenvalue weighted by Gasteiger charge is -2.23. The fraction of sp³-hybridized carbons (Fsp3) is 0.375. The standard InChI is InChI=1S/C16H14F3NO3/c17-16(18,19)10-3-5-11(6-4-10)20-14(21)12-8-1-2-9(7-8)13(12)15(22)23/h1-6,8-9,12-13H,7H2,(H,20,21)(H,22,23)/t8-,9+,12-,13+/m0/s1. The highest BCUT2D eigenvalue weighted by Crippen LogP contribution is 2.48. The van der Waals surface area contributed by atoms with Crippen LogP contribution < -0.4 is 5.32 Å². The van der Waals surface area contributed by atoms with Crippen LogP contribution in [-0.4, -0.2) is 17.0 Å². The van der Waals surface area contributed by atoms with Crippen molar-refractivity contribution in [2.75, 3.05) is 5.32 Å². The molecule has 0 aromatic heterocycles. The van der Waals surface area contributed by atoms with Gasteiger partial charge in [-0.25, -0.2) is 0 Å². The molecule has 0 spiro atoms. The second-order valence-corrected chi connectivity index (χ2v) is 5.90. The molecule has 122 valence electrons. The molecule has 1 fully saturated rings. The number of nitrogens with one attached hydrogen (secondary N) is 1. The summed E-state index contributed by atoms with van der Waals surface area (Å²) in [5.74, 6) is -3.23. The van der Waals surface area contributed by atoms with Crippen LogP contribution >= 0.6 is 0 Å². The number of carboxylic acids is 1. The number of hydrogen-bond acceptors (Lipinski definition) is 2. The maximum Gasteiger partial charge on any atom is 0.416 e. The minimum absolute atomic E-state index is 0.129. The molecule has 7 heteroatoms. The van der Waals surface area contributed by atoms with Crippen molar-refractivity contribution in [1.82, 2.24) is 0 Å². The molecular weight excluding hydrogens is 311 g/mol. The number of aliphatic carboxylic acids is 1. The van der Waals surface area contributed by atoms with Gasteiger partial charge in [0.15, 0.2) is 0 Å². The number of carboxylic acid groups (broad SMARTS) is 1. The molecular formula is C16H14F3NO3. The number of benzene rings is 1. The number of allylic oxidation sites excluding steroid dienone is 2. The number of fused-ring (bicyclic) bond motifs is 2. The highest BCUT2D eigenvalue weighted by molar-refractivity contribution is 5.96. The summed E-state index contributed by atoms with van der Waals surface area (Å²) in [5.41, 5.74) is -0.583. The Balaban J connectivity index is 1.74. The Kier molecular flexibility index (Phi) is 3.66. The van der Waals surface area contributed by atoms with Crippen molar-refractivity contribution in [3.63, 3.8) is 0 Å². The predicted octanol–water partition coefficient (Wildman–Crippen LogP) is 3.17. The molecule has 4 atom stereocenters. The first-order valence-electron chi connectivity index (χ1n) is 7.16. The number of carbonyl (C=O) groups excluding carboxylic acids is 1. The number of halogens is 3. The third kappa shape index (κ3) is 2.83. The SMILES string of the molecule is O=C(Nc1ccc(C(F)(F)F)cc1)[C@@H]1[C@H](C(=O)O)[C@@H]2C=C[C@H]1C2. The van der Waals surface area contributed by atoms with E-state index in [2.05, 4.69) is 5.32 Å². The summed E-state index contributed by atoms with van der Waals surface area (Å²) < 4.78 is 37.5. The fourth-order valence-electron chi connectivity index (χ4n) is 3.48. The number of amides is 1. The zero-order chi connectivity index (χ0) is 16.8. The molecule has 2 N–H and O–H groups in total. The largest absolute Gasteiger partial charge is 0.481 e. The van der Waals surface area contributed by atoms with Crippen molar-refractivity contribution >= 4 is 17.6 Å². The molecule has 1 aromatic rings. The Labute approximate surface area is 130 Å². The Hall–Kier alpha value is -2.31. The third-order valence-electron chi connectivity index (χ3n) is 4.53. The first-order chi connectivity index (χ1) is 10.8. The van der Waals surface area contributed by atoms with Gasteiger partial charge in [-0.05, 0) is 42.5 Å². The van der Waals surface area contributed by atoms with Gasteiger partial charge < -0.3 is 10.4 Å². The quantitative estimate of drug-likeness (QED) is 0.839. The van der Waals surface area contributed by atoms with Crippen LogP contribution in [0.5, 0.6) is 0 Å². The van der Waals surface area contributed by atoms with Crippen LogP contribution in [0.1, 0.15) is 12.0 Å². The van der Waals surface area contributed by atoms with Gasteiger partial charge in [0, 0.05) is 5.69 Å². The summed E-state index contributed by atoms with van der Waals surface area (Å²) in [6.45, 7) is 0. The van der Waals surface area contributed by atoms with Crippen LogP contribution in [0.4, 0.5) is 18.9 Å². The molecule has 1 saturated carbocycles. The zero-order valence-electron chi connectivity index (χ0n) is 11.9. The number of anilines is 1. The fourth-order valence-corrected chi connectivity index (χ4v) is 3.48. The third-order valence-corrected chi connectivity index (χ3v) is 4.53. The molecule has 4 nitrogen and oxygen atoms in total. The van der Waals surface area contributed by atoms with Crippen molar-refractivity contribution in [2.45, 2.75) is 12.6 Å². The van der Waals surface area contributed by atoms with Gasteiger partial charge in [-0.2, -0.15) is 13.2 Å². The van der Waals surface area contributed by atoms with Gasteiger partial charge in [-0.3, -0.25) is 9.59 Å². The molecule has 0 unspecified atom stereocenters. The van der Waals surface area contributed by atoms with Crippen LogP contribution in [0.3, 0.4) is 0 Å². The number of rotatable bonds is 3. The normalized spacial score (nSPS) is 28.8. The van der Waals surface area contributed by atoms with Crippen LogP contribution in [0, 0.1) is 23.7 Å². The molecule has 2 aliphatic rings. The van der Waals surface area contributed by atoms with Crippen molar-refractivity contribution < 1.29 is 27.9 Å². The average molecular weight is 325 g/mol. The molecule has 1 amide bonds. The lowest BCUT2D eigenvalue weighted by molar-refractivity contribution is -0.146. The van der Waals surface area contributed by atoms with E-state index in [4.69, 9.17) is 0 Å². The van der Waals surface area contributed by atoms with Gasteiger partial charge in [0.05, 0.1) is 17.4 Å². The van der Waals surface area contributed by atoms with E-state index in [9.17, 15) is 27.9 Å². The van der Waals surface area contributed by atoms with Gasteiger partial charge in [-0.1, -0.05) is 12.2 Å². The molecule has 3 rings (SSSR count). The molecule has 2 bridgehead atoms. The predicted molar refractivity (Wildman–Crippen MR) is 75.4 cm³/mol. The maximum absolute atomic E-state index is 12.5. The molecule has 0 radical (unpaired) electrons. The minimum atomic E-state index is -4.44. The van der Waals surface area contributed by atoms with Crippen molar-refractivity contribution in [2.24, 2.45) is 23.7 Å². The molecule has 2 aliphatic carbocycles. The molecule has 1 aromatic carbocycles. The molecule has 0 heterocycles.